The number of nitrogens with two attached hydrogens (primary N) is 1. The molecule has 0 aliphatic rings. The molecule has 1 atom stereocenters. The highest BCUT2D eigenvalue weighted by molar-refractivity contribution is 5.19. The molecule has 1 unspecified atom stereocenters. The zero-order chi connectivity index (χ0) is 17.0. The Bertz CT molecular complexity index is 414. The first-order valence-electron chi connectivity index (χ1n) is 7.82. The van der Waals surface area contributed by atoms with Gasteiger partial charge in [0.25, 0.3) is 0 Å². The molecule has 1 rings (SSSR count). The average molecular weight is 319 g/mol. The second-order valence-corrected chi connectivity index (χ2v) is 4.82. The second kappa shape index (κ2) is 12.4. The fourth-order valence-electron chi connectivity index (χ4n) is 1.76. The molecule has 0 amide bonds. The maximum Gasteiger partial charge on any atom is 0.161 e. The van der Waals surface area contributed by atoms with Crippen LogP contribution in [0.2, 0.25) is 0 Å². The molecule has 0 saturated heterocycles. The van der Waals surface area contributed by atoms with E-state index < -0.39 is 17.5 Å². The van der Waals surface area contributed by atoms with E-state index in [1.165, 1.54) is 0 Å². The Morgan fingerprint density at radius 3 is 2.32 bits per heavy atom. The molecule has 6 heteroatoms. The Morgan fingerprint density at radius 1 is 1.05 bits per heavy atom. The quantitative estimate of drug-likeness (QED) is 0.484. The zero-order valence-electron chi connectivity index (χ0n) is 13.7. The van der Waals surface area contributed by atoms with E-state index in [9.17, 15) is 13.2 Å². The summed E-state index contributed by atoms with van der Waals surface area (Å²) in [6.45, 7) is 8.50. The minimum absolute atomic E-state index is 0.131. The van der Waals surface area contributed by atoms with E-state index in [0.29, 0.717) is 12.6 Å². The average Bonchev–Trinajstić information content (AvgIpc) is 2.51. The molecule has 0 aliphatic carbocycles. The largest absolute Gasteiger partial charge is 0.330 e. The molecule has 4 N–H and O–H groups in total. The van der Waals surface area contributed by atoms with Crippen molar-refractivity contribution in [3.05, 3.63) is 35.1 Å². The Balaban J connectivity index is 0.00000211. The molecule has 0 fully saturated rings. The van der Waals surface area contributed by atoms with Crippen molar-refractivity contribution in [2.75, 3.05) is 19.6 Å². The highest BCUT2D eigenvalue weighted by atomic mass is 19.2. The van der Waals surface area contributed by atoms with Gasteiger partial charge in [-0.05, 0) is 45.5 Å². The summed E-state index contributed by atoms with van der Waals surface area (Å²) in [5.74, 6) is -2.92. The van der Waals surface area contributed by atoms with Gasteiger partial charge in [-0.1, -0.05) is 13.8 Å². The fraction of sp³-hybridized carbons (Fsp3) is 0.625. The first-order valence-corrected chi connectivity index (χ1v) is 7.82. The number of rotatable bonds is 9. The number of hydrogen-bond acceptors (Lipinski definition) is 3. The monoisotopic (exact) mass is 319 g/mol. The Morgan fingerprint density at radius 2 is 1.68 bits per heavy atom. The Kier molecular flexibility index (Phi) is 11.8. The Labute approximate surface area is 131 Å². The van der Waals surface area contributed by atoms with E-state index >= 15 is 0 Å². The van der Waals surface area contributed by atoms with Crippen LogP contribution in [0.3, 0.4) is 0 Å². The predicted molar refractivity (Wildman–Crippen MR) is 85.1 cm³/mol. The van der Waals surface area contributed by atoms with Crippen LogP contribution in [0.15, 0.2) is 12.1 Å². The topological polar surface area (TPSA) is 50.1 Å². The van der Waals surface area contributed by atoms with Crippen molar-refractivity contribution in [2.45, 2.75) is 46.2 Å². The molecular weight excluding hydrogens is 291 g/mol. The van der Waals surface area contributed by atoms with Gasteiger partial charge in [-0.15, -0.1) is 0 Å². The van der Waals surface area contributed by atoms with Gasteiger partial charge in [0, 0.05) is 24.2 Å². The Hall–Kier alpha value is -1.11. The van der Waals surface area contributed by atoms with E-state index in [2.05, 4.69) is 10.6 Å². The summed E-state index contributed by atoms with van der Waals surface area (Å²) < 4.78 is 39.2. The van der Waals surface area contributed by atoms with Crippen LogP contribution in [-0.4, -0.2) is 25.7 Å². The highest BCUT2D eigenvalue weighted by Gasteiger charge is 2.10. The van der Waals surface area contributed by atoms with Crippen molar-refractivity contribution >= 4 is 0 Å². The van der Waals surface area contributed by atoms with Gasteiger partial charge in [0.1, 0.15) is 5.82 Å². The number of halogens is 3. The molecule has 3 nitrogen and oxygen atoms in total. The third-order valence-electron chi connectivity index (χ3n) is 3.04. The van der Waals surface area contributed by atoms with Crippen molar-refractivity contribution < 1.29 is 13.2 Å². The minimum atomic E-state index is -1.16. The van der Waals surface area contributed by atoms with E-state index in [1.807, 2.05) is 20.8 Å². The minimum Gasteiger partial charge on any atom is -0.330 e. The summed E-state index contributed by atoms with van der Waals surface area (Å²) in [6.07, 6.45) is 1.79. The van der Waals surface area contributed by atoms with Crippen LogP contribution < -0.4 is 16.4 Å². The van der Waals surface area contributed by atoms with Crippen LogP contribution in [0.1, 0.15) is 39.2 Å². The standard InChI is InChI=1S/C14H22F3N3.C2H6/c1-10(3-6-19-5-2-4-18)20-9-11-7-13(16)14(17)8-12(11)15;1-2/h7-8,10,19-20H,2-6,9,18H2,1H3;1-2H3. The summed E-state index contributed by atoms with van der Waals surface area (Å²) in [5, 5.41) is 6.32. The fourth-order valence-corrected chi connectivity index (χ4v) is 1.76. The van der Waals surface area contributed by atoms with Gasteiger partial charge in [-0.3, -0.25) is 0 Å². The number of benzene rings is 1. The van der Waals surface area contributed by atoms with Crippen LogP contribution in [0.25, 0.3) is 0 Å². The van der Waals surface area contributed by atoms with Crippen molar-refractivity contribution in [3.63, 3.8) is 0 Å². The summed E-state index contributed by atoms with van der Waals surface area (Å²) in [6, 6.07) is 1.61. The van der Waals surface area contributed by atoms with Crippen molar-refractivity contribution in [1.29, 1.82) is 0 Å². The van der Waals surface area contributed by atoms with E-state index in [4.69, 9.17) is 5.73 Å². The lowest BCUT2D eigenvalue weighted by Crippen LogP contribution is -2.30. The summed E-state index contributed by atoms with van der Waals surface area (Å²) in [5.41, 5.74) is 5.51. The molecule has 0 aromatic heterocycles. The van der Waals surface area contributed by atoms with Gasteiger partial charge in [-0.25, -0.2) is 13.2 Å². The lowest BCUT2D eigenvalue weighted by atomic mass is 10.1. The van der Waals surface area contributed by atoms with Crippen LogP contribution in [0.4, 0.5) is 13.2 Å². The molecule has 0 heterocycles. The molecule has 0 bridgehead atoms. The molecule has 0 aliphatic heterocycles. The molecular formula is C16H28F3N3. The normalized spacial score (nSPS) is 11.8. The molecule has 1 aromatic carbocycles. The summed E-state index contributed by atoms with van der Waals surface area (Å²) >= 11 is 0. The van der Waals surface area contributed by atoms with Gasteiger partial charge in [0.15, 0.2) is 11.6 Å². The zero-order valence-corrected chi connectivity index (χ0v) is 13.7. The third-order valence-corrected chi connectivity index (χ3v) is 3.04. The molecule has 22 heavy (non-hydrogen) atoms. The molecule has 0 spiro atoms. The molecule has 128 valence electrons. The smallest absolute Gasteiger partial charge is 0.161 e. The molecule has 1 aromatic rings. The van der Waals surface area contributed by atoms with Crippen molar-refractivity contribution in [2.24, 2.45) is 5.73 Å². The molecule has 0 saturated carbocycles. The third kappa shape index (κ3) is 8.36. The molecule has 0 radical (unpaired) electrons. The van der Waals surface area contributed by atoms with Gasteiger partial charge < -0.3 is 16.4 Å². The summed E-state index contributed by atoms with van der Waals surface area (Å²) in [7, 11) is 0. The number of nitrogens with one attached hydrogen (secondary N) is 2. The van der Waals surface area contributed by atoms with Gasteiger partial charge in [0.05, 0.1) is 0 Å². The van der Waals surface area contributed by atoms with E-state index in [0.717, 1.165) is 32.0 Å². The van der Waals surface area contributed by atoms with E-state index in [1.54, 1.807) is 0 Å². The van der Waals surface area contributed by atoms with Crippen LogP contribution >= 0.6 is 0 Å². The maximum absolute atomic E-state index is 13.4. The lowest BCUT2D eigenvalue weighted by molar-refractivity contribution is 0.467. The maximum atomic E-state index is 13.4. The summed E-state index contributed by atoms with van der Waals surface area (Å²) in [4.78, 5) is 0. The SMILES string of the molecule is CC.CC(CCNCCCN)NCc1cc(F)c(F)cc1F. The van der Waals surface area contributed by atoms with Crippen LogP contribution in [0.5, 0.6) is 0 Å². The lowest BCUT2D eigenvalue weighted by Gasteiger charge is -2.14. The predicted octanol–water partition coefficient (Wildman–Crippen LogP) is 2.94. The van der Waals surface area contributed by atoms with E-state index in [-0.39, 0.29) is 18.2 Å². The van der Waals surface area contributed by atoms with Gasteiger partial charge in [0.2, 0.25) is 0 Å². The van der Waals surface area contributed by atoms with Crippen LogP contribution in [0, 0.1) is 17.5 Å². The van der Waals surface area contributed by atoms with Gasteiger partial charge in [-0.2, -0.15) is 0 Å². The van der Waals surface area contributed by atoms with Crippen molar-refractivity contribution in [1.82, 2.24) is 10.6 Å². The first-order chi connectivity index (χ1) is 10.5. The van der Waals surface area contributed by atoms with Crippen molar-refractivity contribution in [3.8, 4) is 0 Å². The van der Waals surface area contributed by atoms with Crippen LogP contribution in [-0.2, 0) is 6.54 Å². The number of hydrogen-bond donors (Lipinski definition) is 3. The highest BCUT2D eigenvalue weighted by Crippen LogP contribution is 2.13. The van der Waals surface area contributed by atoms with Gasteiger partial charge >= 0.3 is 0 Å². The second-order valence-electron chi connectivity index (χ2n) is 4.82. The first kappa shape index (κ1) is 20.9.